The molecule has 0 radical (unpaired) electrons. The van der Waals surface area contributed by atoms with Gasteiger partial charge in [-0.1, -0.05) is 0 Å². The highest BCUT2D eigenvalue weighted by atomic mass is 32.7. The summed E-state index contributed by atoms with van der Waals surface area (Å²) in [6.07, 6.45) is 0.931. The Morgan fingerprint density at radius 3 is 2.20 bits per heavy atom. The van der Waals surface area contributed by atoms with Crippen molar-refractivity contribution in [1.29, 1.82) is 0 Å². The minimum Gasteiger partial charge on any atom is -0.395 e. The second kappa shape index (κ2) is 9.59. The van der Waals surface area contributed by atoms with Crippen molar-refractivity contribution < 1.29 is 19.5 Å². The Balaban J connectivity index is 3.02. The van der Waals surface area contributed by atoms with Gasteiger partial charge in [-0.2, -0.15) is 0 Å². The Kier molecular flexibility index (Phi) is 9.84. The second-order valence-electron chi connectivity index (χ2n) is 2.90. The predicted octanol–water partition coefficient (Wildman–Crippen LogP) is -0.626. The first-order valence-electron chi connectivity index (χ1n) is 4.78. The lowest BCUT2D eigenvalue weighted by atomic mass is 10.4. The summed E-state index contributed by atoms with van der Waals surface area (Å²) in [5.41, 5.74) is 0. The van der Waals surface area contributed by atoms with E-state index >= 15 is 0 Å². The van der Waals surface area contributed by atoms with Gasteiger partial charge in [0.25, 0.3) is 0 Å². The first-order chi connectivity index (χ1) is 7.06. The Morgan fingerprint density at radius 2 is 1.67 bits per heavy atom. The molecule has 0 heterocycles. The maximum Gasteiger partial charge on any atom is 0.384 e. The summed E-state index contributed by atoms with van der Waals surface area (Å²) >= 11 is 0.661. The molecule has 0 saturated heterocycles. The van der Waals surface area contributed by atoms with Crippen molar-refractivity contribution in [3.63, 3.8) is 0 Å². The molecule has 0 aliphatic carbocycles. The molecule has 15 heavy (non-hydrogen) atoms. The van der Waals surface area contributed by atoms with Crippen molar-refractivity contribution in [3.05, 3.63) is 0 Å². The molecule has 0 rings (SSSR count). The van der Waals surface area contributed by atoms with Gasteiger partial charge in [0.05, 0.1) is 6.61 Å². The molecule has 0 amide bonds. The summed E-state index contributed by atoms with van der Waals surface area (Å²) in [5, 5.41) is 14.6. The number of nitrogens with one attached hydrogen (secondary N) is 2. The van der Waals surface area contributed by atoms with Gasteiger partial charge in [0.15, 0.2) is 0 Å². The van der Waals surface area contributed by atoms with E-state index in [9.17, 15) is 4.57 Å². The molecule has 0 bridgehead atoms. The third-order valence-corrected chi connectivity index (χ3v) is 3.81. The van der Waals surface area contributed by atoms with E-state index in [1.54, 1.807) is 0 Å². The molecule has 0 aliphatic heterocycles. The van der Waals surface area contributed by atoms with Crippen molar-refractivity contribution in [3.8, 4) is 0 Å². The average molecular weight is 258 g/mol. The number of hydrogen-bond acceptors (Lipinski definition) is 5. The topological polar surface area (TPSA) is 102 Å². The molecule has 8 heteroatoms. The average Bonchev–Trinajstić information content (AvgIpc) is 2.14. The normalized spacial score (nSPS) is 11.9. The summed E-state index contributed by atoms with van der Waals surface area (Å²) in [5.74, 6) is 0.411. The van der Waals surface area contributed by atoms with Crippen LogP contribution in [0.5, 0.6) is 0 Å². The maximum absolute atomic E-state index is 10.4. The van der Waals surface area contributed by atoms with Crippen molar-refractivity contribution >= 4 is 18.2 Å². The first-order valence-corrected chi connectivity index (χ1v) is 7.99. The van der Waals surface area contributed by atoms with E-state index in [1.807, 2.05) is 0 Å². The Hall–Kier alpha value is 0.380. The van der Waals surface area contributed by atoms with Crippen LogP contribution in [-0.2, 0) is 4.57 Å². The zero-order valence-corrected chi connectivity index (χ0v) is 10.3. The summed E-state index contributed by atoms with van der Waals surface area (Å²) in [7, 11) is 0. The van der Waals surface area contributed by atoms with Crippen LogP contribution in [0.2, 0.25) is 0 Å². The molecule has 0 atom stereocenters. The molecule has 5 N–H and O–H groups in total. The molecule has 92 valence electrons. The van der Waals surface area contributed by atoms with E-state index in [4.69, 9.17) is 14.9 Å². The van der Waals surface area contributed by atoms with Gasteiger partial charge in [0.2, 0.25) is 0 Å². The highest BCUT2D eigenvalue weighted by Gasteiger charge is 2.11. The third kappa shape index (κ3) is 14.4. The number of rotatable bonds is 10. The third-order valence-electron chi connectivity index (χ3n) is 1.53. The molecule has 0 unspecified atom stereocenters. The van der Waals surface area contributed by atoms with E-state index in [0.717, 1.165) is 19.5 Å². The zero-order valence-electron chi connectivity index (χ0n) is 8.56. The van der Waals surface area contributed by atoms with E-state index in [0.29, 0.717) is 30.2 Å². The monoisotopic (exact) mass is 258 g/mol. The minimum atomic E-state index is -3.90. The summed E-state index contributed by atoms with van der Waals surface area (Å²) < 4.78 is 10.4. The summed E-state index contributed by atoms with van der Waals surface area (Å²) in [6.45, 7) is -0.918. The molecule has 6 nitrogen and oxygen atoms in total. The van der Waals surface area contributed by atoms with Crippen LogP contribution in [0.25, 0.3) is 0 Å². The quantitative estimate of drug-likeness (QED) is 0.263. The molecule has 0 spiro atoms. The molecule has 0 aromatic rings. The molecule has 0 aromatic carbocycles. The largest absolute Gasteiger partial charge is 0.395 e. The highest BCUT2D eigenvalue weighted by Crippen LogP contribution is 2.49. The van der Waals surface area contributed by atoms with E-state index in [1.165, 1.54) is 0 Å². The van der Waals surface area contributed by atoms with Gasteiger partial charge in [-0.05, 0) is 30.9 Å². The van der Waals surface area contributed by atoms with Crippen LogP contribution in [0.4, 0.5) is 0 Å². The zero-order chi connectivity index (χ0) is 11.6. The summed E-state index contributed by atoms with van der Waals surface area (Å²) in [6, 6.07) is 0. The fourth-order valence-electron chi connectivity index (χ4n) is 0.904. The van der Waals surface area contributed by atoms with Crippen LogP contribution in [0.15, 0.2) is 0 Å². The fourth-order valence-corrected chi connectivity index (χ4v) is 2.37. The van der Waals surface area contributed by atoms with Gasteiger partial charge < -0.3 is 25.5 Å². The molecule has 0 aliphatic rings. The number of aliphatic hydroxyl groups is 1. The van der Waals surface area contributed by atoms with Crippen LogP contribution in [0.3, 0.4) is 0 Å². The molecule has 0 aromatic heterocycles. The van der Waals surface area contributed by atoms with Crippen LogP contribution >= 0.6 is 18.2 Å². The van der Waals surface area contributed by atoms with Crippen molar-refractivity contribution in [2.75, 3.05) is 38.5 Å². The fraction of sp³-hybridized carbons (Fsp3) is 1.00. The number of aliphatic hydroxyl groups excluding tert-OH is 1. The van der Waals surface area contributed by atoms with E-state index in [-0.39, 0.29) is 6.61 Å². The van der Waals surface area contributed by atoms with Crippen LogP contribution < -0.4 is 10.6 Å². The minimum absolute atomic E-state index is 0.145. The summed E-state index contributed by atoms with van der Waals surface area (Å²) in [4.78, 5) is 17.1. The molecule has 0 saturated carbocycles. The van der Waals surface area contributed by atoms with Gasteiger partial charge in [0, 0.05) is 18.8 Å². The lowest BCUT2D eigenvalue weighted by Gasteiger charge is -2.05. The molecule has 0 fully saturated rings. The first kappa shape index (κ1) is 15.4. The SMILES string of the molecule is O=P(O)(O)SCCNCCCNCCO. The van der Waals surface area contributed by atoms with Crippen LogP contribution in [0.1, 0.15) is 6.42 Å². The van der Waals surface area contributed by atoms with Crippen LogP contribution in [0, 0.1) is 0 Å². The lowest BCUT2D eigenvalue weighted by molar-refractivity contribution is 0.292. The Labute approximate surface area is 93.7 Å². The van der Waals surface area contributed by atoms with Gasteiger partial charge in [0.1, 0.15) is 0 Å². The Bertz CT molecular complexity index is 190. The van der Waals surface area contributed by atoms with E-state index in [2.05, 4.69) is 10.6 Å². The molecular formula is C7H19N2O4PS. The molecular weight excluding hydrogens is 239 g/mol. The van der Waals surface area contributed by atoms with Crippen molar-refractivity contribution in [1.82, 2.24) is 10.6 Å². The van der Waals surface area contributed by atoms with Gasteiger partial charge in [-0.15, -0.1) is 0 Å². The predicted molar refractivity (Wildman–Crippen MR) is 61.9 cm³/mol. The van der Waals surface area contributed by atoms with Crippen LogP contribution in [-0.4, -0.2) is 53.4 Å². The number of hydrogen-bond donors (Lipinski definition) is 5. The van der Waals surface area contributed by atoms with Crippen molar-refractivity contribution in [2.45, 2.75) is 6.42 Å². The standard InChI is InChI=1S/C7H19N2O4PS/c10-6-4-8-2-1-3-9-5-7-15-14(11,12)13/h8-10H,1-7H2,(H2,11,12,13). The highest BCUT2D eigenvalue weighted by molar-refractivity contribution is 8.54. The van der Waals surface area contributed by atoms with Gasteiger partial charge in [-0.3, -0.25) is 0 Å². The van der Waals surface area contributed by atoms with Crippen molar-refractivity contribution in [2.24, 2.45) is 0 Å². The lowest BCUT2D eigenvalue weighted by Crippen LogP contribution is -2.25. The van der Waals surface area contributed by atoms with E-state index < -0.39 is 6.80 Å². The van der Waals surface area contributed by atoms with Gasteiger partial charge in [-0.25, -0.2) is 4.57 Å². The van der Waals surface area contributed by atoms with Gasteiger partial charge >= 0.3 is 6.80 Å². The maximum atomic E-state index is 10.4. The second-order valence-corrected chi connectivity index (χ2v) is 6.75. The smallest absolute Gasteiger partial charge is 0.384 e. The Morgan fingerprint density at radius 1 is 1.07 bits per heavy atom.